The fourth-order valence-corrected chi connectivity index (χ4v) is 5.61. The Balaban J connectivity index is 1.91. The van der Waals surface area contributed by atoms with E-state index in [-0.39, 0.29) is 6.42 Å². The number of hydrogen-bond acceptors (Lipinski definition) is 5. The van der Waals surface area contributed by atoms with E-state index in [1.54, 1.807) is 11.8 Å². The standard InChI is InChI=1S/C18H18F3N3O3S/c1-22-14(25)17(15(26)23(2)16(22)27)8-10-7-11(18(19,20)21)3-4-12(10)24-5-6-28-9-13(17)24/h3-4,7,13H,5-6,8-9H2,1-2H3/t13-/m0/s1. The van der Waals surface area contributed by atoms with E-state index in [2.05, 4.69) is 0 Å². The monoisotopic (exact) mass is 413 g/mol. The van der Waals surface area contributed by atoms with Gasteiger partial charge in [-0.3, -0.25) is 19.4 Å². The van der Waals surface area contributed by atoms with E-state index in [0.29, 0.717) is 23.5 Å². The number of alkyl halides is 3. The Morgan fingerprint density at radius 1 is 1.11 bits per heavy atom. The molecule has 0 unspecified atom stereocenters. The van der Waals surface area contributed by atoms with Gasteiger partial charge in [0.15, 0.2) is 5.41 Å². The Labute approximate surface area is 163 Å². The maximum atomic E-state index is 13.2. The van der Waals surface area contributed by atoms with Crippen molar-refractivity contribution in [2.75, 3.05) is 37.0 Å². The Hall–Kier alpha value is -2.23. The lowest BCUT2D eigenvalue weighted by Crippen LogP contribution is -2.72. The molecule has 3 heterocycles. The normalized spacial score (nSPS) is 24.5. The zero-order valence-electron chi connectivity index (χ0n) is 15.2. The lowest BCUT2D eigenvalue weighted by Gasteiger charge is -2.54. The van der Waals surface area contributed by atoms with Crippen molar-refractivity contribution in [1.82, 2.24) is 9.80 Å². The predicted octanol–water partition coefficient (Wildman–Crippen LogP) is 2.22. The van der Waals surface area contributed by atoms with Gasteiger partial charge in [0.1, 0.15) is 0 Å². The van der Waals surface area contributed by atoms with E-state index in [1.165, 1.54) is 20.2 Å². The van der Waals surface area contributed by atoms with E-state index in [1.807, 2.05) is 4.90 Å². The number of nitrogens with zero attached hydrogens (tertiary/aromatic N) is 3. The van der Waals surface area contributed by atoms with Gasteiger partial charge >= 0.3 is 12.2 Å². The summed E-state index contributed by atoms with van der Waals surface area (Å²) in [6.45, 7) is 0.511. The average Bonchev–Trinajstić information content (AvgIpc) is 2.68. The van der Waals surface area contributed by atoms with Crippen molar-refractivity contribution >= 4 is 35.3 Å². The van der Waals surface area contributed by atoms with Crippen molar-refractivity contribution in [1.29, 1.82) is 0 Å². The van der Waals surface area contributed by atoms with E-state index in [9.17, 15) is 27.6 Å². The summed E-state index contributed by atoms with van der Waals surface area (Å²) in [6, 6.07) is 2.22. The van der Waals surface area contributed by atoms with Gasteiger partial charge in [-0.15, -0.1) is 0 Å². The highest BCUT2D eigenvalue weighted by atomic mass is 32.2. The van der Waals surface area contributed by atoms with Crippen LogP contribution in [-0.4, -0.2) is 65.8 Å². The molecule has 1 aromatic rings. The topological polar surface area (TPSA) is 60.9 Å². The summed E-state index contributed by atoms with van der Waals surface area (Å²) >= 11 is 1.59. The summed E-state index contributed by atoms with van der Waals surface area (Å²) in [7, 11) is 2.61. The summed E-state index contributed by atoms with van der Waals surface area (Å²) < 4.78 is 39.7. The van der Waals surface area contributed by atoms with Crippen LogP contribution in [0.1, 0.15) is 11.1 Å². The first-order valence-corrected chi connectivity index (χ1v) is 9.89. The zero-order chi connectivity index (χ0) is 20.4. The quantitative estimate of drug-likeness (QED) is 0.611. The van der Waals surface area contributed by atoms with Crippen LogP contribution in [-0.2, 0) is 22.2 Å². The van der Waals surface area contributed by atoms with Gasteiger partial charge in [0.05, 0.1) is 11.6 Å². The third kappa shape index (κ3) is 2.46. The number of anilines is 1. The van der Waals surface area contributed by atoms with Crippen LogP contribution in [0.3, 0.4) is 0 Å². The molecule has 0 saturated carbocycles. The highest BCUT2D eigenvalue weighted by Crippen LogP contribution is 2.48. The minimum atomic E-state index is -4.53. The maximum Gasteiger partial charge on any atom is 0.416 e. The van der Waals surface area contributed by atoms with Crippen LogP contribution in [0.25, 0.3) is 0 Å². The third-order valence-corrected chi connectivity index (χ3v) is 6.85. The Kier molecular flexibility index (Phi) is 4.18. The number of fused-ring (bicyclic) bond motifs is 4. The molecule has 0 radical (unpaired) electrons. The molecule has 10 heteroatoms. The van der Waals surface area contributed by atoms with Crippen LogP contribution in [0.4, 0.5) is 23.7 Å². The van der Waals surface area contributed by atoms with E-state index < -0.39 is 41.0 Å². The number of benzene rings is 1. The second-order valence-electron chi connectivity index (χ2n) is 7.28. The summed E-state index contributed by atoms with van der Waals surface area (Å²) in [4.78, 5) is 42.3. The second kappa shape index (κ2) is 6.13. The molecule has 0 aromatic heterocycles. The summed E-state index contributed by atoms with van der Waals surface area (Å²) in [6.07, 6.45) is -4.69. The number of thioether (sulfide) groups is 1. The third-order valence-electron chi connectivity index (χ3n) is 5.83. The second-order valence-corrected chi connectivity index (χ2v) is 8.43. The highest BCUT2D eigenvalue weighted by molar-refractivity contribution is 7.99. The first-order valence-electron chi connectivity index (χ1n) is 8.74. The minimum Gasteiger partial charge on any atom is -0.365 e. The van der Waals surface area contributed by atoms with Crippen LogP contribution in [0.5, 0.6) is 0 Å². The number of barbiturate groups is 1. The van der Waals surface area contributed by atoms with Gasteiger partial charge in [-0.25, -0.2) is 4.79 Å². The fourth-order valence-electron chi connectivity index (χ4n) is 4.43. The molecule has 150 valence electrons. The number of halogens is 3. The number of amides is 4. The van der Waals surface area contributed by atoms with Gasteiger partial charge in [0.2, 0.25) is 11.8 Å². The summed E-state index contributed by atoms with van der Waals surface area (Å²) in [5, 5.41) is 0. The molecule has 6 nitrogen and oxygen atoms in total. The SMILES string of the molecule is CN1C(=O)N(C)C(=O)C2(Cc3cc(C(F)(F)F)ccc3N3CCSC[C@H]32)C1=O. The highest BCUT2D eigenvalue weighted by Gasteiger charge is 2.63. The Bertz CT molecular complexity index is 865. The van der Waals surface area contributed by atoms with Crippen molar-refractivity contribution in [3.8, 4) is 0 Å². The molecular weight excluding hydrogens is 395 g/mol. The van der Waals surface area contributed by atoms with Gasteiger partial charge in [-0.05, 0) is 30.2 Å². The fraction of sp³-hybridized carbons (Fsp3) is 0.500. The number of rotatable bonds is 0. The number of urea groups is 1. The molecule has 3 aliphatic heterocycles. The lowest BCUT2D eigenvalue weighted by molar-refractivity contribution is -0.158. The molecule has 1 spiro atoms. The molecular formula is C18H18F3N3O3S. The molecule has 2 fully saturated rings. The van der Waals surface area contributed by atoms with Gasteiger partial charge in [-0.1, -0.05) is 0 Å². The smallest absolute Gasteiger partial charge is 0.365 e. The van der Waals surface area contributed by atoms with Gasteiger partial charge < -0.3 is 4.90 Å². The van der Waals surface area contributed by atoms with Crippen molar-refractivity contribution in [2.24, 2.45) is 5.41 Å². The Morgan fingerprint density at radius 3 is 2.36 bits per heavy atom. The molecule has 0 bridgehead atoms. The molecule has 1 aromatic carbocycles. The minimum absolute atomic E-state index is 0.159. The largest absolute Gasteiger partial charge is 0.416 e. The average molecular weight is 413 g/mol. The van der Waals surface area contributed by atoms with Crippen LogP contribution in [0.2, 0.25) is 0 Å². The molecule has 0 aliphatic carbocycles. The van der Waals surface area contributed by atoms with Crippen LogP contribution >= 0.6 is 11.8 Å². The van der Waals surface area contributed by atoms with Crippen molar-refractivity contribution in [3.63, 3.8) is 0 Å². The predicted molar refractivity (Wildman–Crippen MR) is 97.0 cm³/mol. The number of hydrogen-bond donors (Lipinski definition) is 0. The molecule has 3 aliphatic rings. The summed E-state index contributed by atoms with van der Waals surface area (Å²) in [5.74, 6) is -0.0873. The molecule has 28 heavy (non-hydrogen) atoms. The van der Waals surface area contributed by atoms with Gasteiger partial charge in [-0.2, -0.15) is 24.9 Å². The van der Waals surface area contributed by atoms with Crippen LogP contribution in [0.15, 0.2) is 18.2 Å². The van der Waals surface area contributed by atoms with E-state index >= 15 is 0 Å². The van der Waals surface area contributed by atoms with Gasteiger partial charge in [0.25, 0.3) is 0 Å². The van der Waals surface area contributed by atoms with Gasteiger partial charge in [0, 0.05) is 37.8 Å². The zero-order valence-corrected chi connectivity index (χ0v) is 16.1. The van der Waals surface area contributed by atoms with Crippen molar-refractivity contribution in [2.45, 2.75) is 18.6 Å². The van der Waals surface area contributed by atoms with E-state index in [0.717, 1.165) is 27.7 Å². The first kappa shape index (κ1) is 19.1. The molecule has 1 atom stereocenters. The Morgan fingerprint density at radius 2 is 1.75 bits per heavy atom. The van der Waals surface area contributed by atoms with Crippen LogP contribution < -0.4 is 4.90 Å². The van der Waals surface area contributed by atoms with E-state index in [4.69, 9.17) is 0 Å². The maximum absolute atomic E-state index is 13.2. The van der Waals surface area contributed by atoms with Crippen molar-refractivity contribution < 1.29 is 27.6 Å². The summed E-state index contributed by atoms with van der Waals surface area (Å²) in [5.41, 5.74) is -1.51. The molecule has 4 rings (SSSR count). The number of carbonyl (C=O) groups excluding carboxylic acids is 3. The number of carbonyl (C=O) groups is 3. The van der Waals surface area contributed by atoms with Crippen LogP contribution in [0, 0.1) is 5.41 Å². The molecule has 2 saturated heterocycles. The molecule has 0 N–H and O–H groups in total. The molecule has 4 amide bonds. The number of imide groups is 2. The first-order chi connectivity index (χ1) is 13.1. The lowest BCUT2D eigenvalue weighted by atomic mass is 9.68. The van der Waals surface area contributed by atoms with Crippen molar-refractivity contribution in [3.05, 3.63) is 29.3 Å².